The number of nitrogens with one attached hydrogen (secondary N) is 1. The average Bonchev–Trinajstić information content (AvgIpc) is 2.91. The highest BCUT2D eigenvalue weighted by Gasteiger charge is 2.24. The van der Waals surface area contributed by atoms with Gasteiger partial charge in [-0.05, 0) is 17.9 Å². The molecule has 1 aromatic rings. The Morgan fingerprint density at radius 2 is 2.15 bits per heavy atom. The lowest BCUT2D eigenvalue weighted by molar-refractivity contribution is -0.140. The third-order valence-electron chi connectivity index (χ3n) is 2.94. The van der Waals surface area contributed by atoms with E-state index in [1.165, 1.54) is 7.11 Å². The van der Waals surface area contributed by atoms with E-state index in [0.717, 1.165) is 4.88 Å². The predicted octanol–water partition coefficient (Wildman–Crippen LogP) is 1.90. The Morgan fingerprint density at radius 3 is 2.70 bits per heavy atom. The molecule has 0 aliphatic heterocycles. The first-order chi connectivity index (χ1) is 9.27. The topological polar surface area (TPSA) is 72.5 Å². The van der Waals surface area contributed by atoms with Crippen LogP contribution >= 0.6 is 11.3 Å². The summed E-state index contributed by atoms with van der Waals surface area (Å²) in [7, 11) is -2.07. The molecule has 0 aliphatic carbocycles. The second-order valence-corrected chi connectivity index (χ2v) is 8.05. The van der Waals surface area contributed by atoms with Gasteiger partial charge in [-0.15, -0.1) is 11.3 Å². The lowest BCUT2D eigenvalue weighted by atomic mass is 9.92. The minimum absolute atomic E-state index is 0.0668. The van der Waals surface area contributed by atoms with Crippen molar-refractivity contribution in [2.45, 2.75) is 32.1 Å². The molecule has 0 fully saturated rings. The van der Waals surface area contributed by atoms with Crippen LogP contribution in [0.2, 0.25) is 0 Å². The molecule has 0 aromatic carbocycles. The summed E-state index contributed by atoms with van der Waals surface area (Å²) < 4.78 is 30.8. The number of sulfonamides is 1. The van der Waals surface area contributed by atoms with E-state index in [1.54, 1.807) is 11.3 Å². The lowest BCUT2D eigenvalue weighted by Gasteiger charge is -2.23. The van der Waals surface area contributed by atoms with Gasteiger partial charge in [-0.2, -0.15) is 0 Å². The standard InChI is InChI=1S/C13H21NO4S2/c1-13(2,11-6-4-8-19-11)10-14-20(16,17)9-5-7-12(15)18-3/h4,6,8,14H,5,7,9-10H2,1-3H3. The molecule has 20 heavy (non-hydrogen) atoms. The van der Waals surface area contributed by atoms with Crippen molar-refractivity contribution in [2.24, 2.45) is 0 Å². The Labute approximate surface area is 124 Å². The van der Waals surface area contributed by atoms with Crippen molar-refractivity contribution in [3.8, 4) is 0 Å². The highest BCUT2D eigenvalue weighted by atomic mass is 32.2. The molecule has 0 atom stereocenters. The summed E-state index contributed by atoms with van der Waals surface area (Å²) in [5.74, 6) is -0.457. The molecular weight excluding hydrogens is 298 g/mol. The van der Waals surface area contributed by atoms with Crippen molar-refractivity contribution in [3.63, 3.8) is 0 Å². The van der Waals surface area contributed by atoms with E-state index in [2.05, 4.69) is 9.46 Å². The first kappa shape index (κ1) is 17.1. The van der Waals surface area contributed by atoms with Gasteiger partial charge >= 0.3 is 5.97 Å². The van der Waals surface area contributed by atoms with Crippen molar-refractivity contribution in [2.75, 3.05) is 19.4 Å². The molecule has 0 saturated carbocycles. The van der Waals surface area contributed by atoms with E-state index in [9.17, 15) is 13.2 Å². The molecule has 0 spiro atoms. The first-order valence-electron chi connectivity index (χ1n) is 6.35. The van der Waals surface area contributed by atoms with Gasteiger partial charge in [0.2, 0.25) is 10.0 Å². The van der Waals surface area contributed by atoms with Crippen molar-refractivity contribution < 1.29 is 17.9 Å². The Bertz CT molecular complexity index is 521. The minimum Gasteiger partial charge on any atom is -0.469 e. The maximum Gasteiger partial charge on any atom is 0.305 e. The van der Waals surface area contributed by atoms with Gasteiger partial charge in [0.1, 0.15) is 0 Å². The fraction of sp³-hybridized carbons (Fsp3) is 0.615. The van der Waals surface area contributed by atoms with Crippen LogP contribution in [-0.4, -0.2) is 33.8 Å². The van der Waals surface area contributed by atoms with E-state index in [1.807, 2.05) is 31.4 Å². The number of esters is 1. The molecule has 1 aromatic heterocycles. The second-order valence-electron chi connectivity index (χ2n) is 5.18. The molecule has 114 valence electrons. The normalized spacial score (nSPS) is 12.3. The van der Waals surface area contributed by atoms with Gasteiger partial charge < -0.3 is 4.74 Å². The summed E-state index contributed by atoms with van der Waals surface area (Å²) in [5.41, 5.74) is -0.246. The molecule has 1 rings (SSSR count). The van der Waals surface area contributed by atoms with E-state index in [0.29, 0.717) is 6.54 Å². The number of carbonyl (C=O) groups excluding carboxylic acids is 1. The van der Waals surface area contributed by atoms with Gasteiger partial charge in [0.15, 0.2) is 0 Å². The zero-order valence-electron chi connectivity index (χ0n) is 12.0. The Balaban J connectivity index is 2.45. The van der Waals surface area contributed by atoms with Gasteiger partial charge in [0.05, 0.1) is 12.9 Å². The van der Waals surface area contributed by atoms with Crippen LogP contribution in [0.1, 0.15) is 31.6 Å². The summed E-state index contributed by atoms with van der Waals surface area (Å²) in [6.07, 6.45) is 0.382. The van der Waals surface area contributed by atoms with E-state index in [-0.39, 0.29) is 30.0 Å². The number of methoxy groups -OCH3 is 1. The molecule has 1 heterocycles. The Morgan fingerprint density at radius 1 is 1.45 bits per heavy atom. The highest BCUT2D eigenvalue weighted by Crippen LogP contribution is 2.26. The summed E-state index contributed by atoms with van der Waals surface area (Å²) >= 11 is 1.61. The van der Waals surface area contributed by atoms with Crippen molar-refractivity contribution in [1.82, 2.24) is 4.72 Å². The summed E-state index contributed by atoms with van der Waals surface area (Å²) in [4.78, 5) is 12.1. The molecule has 0 unspecified atom stereocenters. The van der Waals surface area contributed by atoms with Crippen molar-refractivity contribution in [3.05, 3.63) is 22.4 Å². The summed E-state index contributed by atoms with van der Waals surface area (Å²) in [6.45, 7) is 4.33. The van der Waals surface area contributed by atoms with Crippen LogP contribution in [0.5, 0.6) is 0 Å². The highest BCUT2D eigenvalue weighted by molar-refractivity contribution is 7.89. The minimum atomic E-state index is -3.36. The fourth-order valence-corrected chi connectivity index (χ4v) is 3.72. The third kappa shape index (κ3) is 5.60. The van der Waals surface area contributed by atoms with Crippen LogP contribution in [0.15, 0.2) is 17.5 Å². The lowest BCUT2D eigenvalue weighted by Crippen LogP contribution is -2.37. The van der Waals surface area contributed by atoms with E-state index >= 15 is 0 Å². The van der Waals surface area contributed by atoms with Crippen LogP contribution in [0.4, 0.5) is 0 Å². The van der Waals surface area contributed by atoms with Crippen LogP contribution in [0.3, 0.4) is 0 Å². The summed E-state index contributed by atoms with van der Waals surface area (Å²) in [6, 6.07) is 3.95. The largest absolute Gasteiger partial charge is 0.469 e. The SMILES string of the molecule is COC(=O)CCCS(=O)(=O)NCC(C)(C)c1cccs1. The number of thiophene rings is 1. The van der Waals surface area contributed by atoms with Crippen LogP contribution in [0, 0.1) is 0 Å². The molecule has 5 nitrogen and oxygen atoms in total. The maximum absolute atomic E-state index is 11.9. The monoisotopic (exact) mass is 319 g/mol. The van der Waals surface area contributed by atoms with Crippen molar-refractivity contribution >= 4 is 27.3 Å². The van der Waals surface area contributed by atoms with Gasteiger partial charge in [-0.3, -0.25) is 4.79 Å². The molecular formula is C13H21NO4S2. The number of hydrogen-bond donors (Lipinski definition) is 1. The number of carbonyl (C=O) groups is 1. The number of hydrogen-bond acceptors (Lipinski definition) is 5. The quantitative estimate of drug-likeness (QED) is 0.743. The third-order valence-corrected chi connectivity index (χ3v) is 5.59. The summed E-state index contributed by atoms with van der Waals surface area (Å²) in [5, 5.41) is 1.97. The Kier molecular flexibility index (Phi) is 6.16. The molecule has 0 radical (unpaired) electrons. The van der Waals surface area contributed by atoms with Gasteiger partial charge in [0.25, 0.3) is 0 Å². The van der Waals surface area contributed by atoms with Gasteiger partial charge in [-0.25, -0.2) is 13.1 Å². The number of ether oxygens (including phenoxy) is 1. The number of rotatable bonds is 8. The van der Waals surface area contributed by atoms with Gasteiger partial charge in [0, 0.05) is 23.3 Å². The van der Waals surface area contributed by atoms with Crippen LogP contribution in [-0.2, 0) is 25.0 Å². The molecule has 0 saturated heterocycles. The molecule has 7 heteroatoms. The average molecular weight is 319 g/mol. The molecule has 0 bridgehead atoms. The zero-order chi connectivity index (χ0) is 15.2. The predicted molar refractivity (Wildman–Crippen MR) is 80.4 cm³/mol. The zero-order valence-corrected chi connectivity index (χ0v) is 13.6. The van der Waals surface area contributed by atoms with Crippen molar-refractivity contribution in [1.29, 1.82) is 0 Å². The van der Waals surface area contributed by atoms with Crippen LogP contribution < -0.4 is 4.72 Å². The first-order valence-corrected chi connectivity index (χ1v) is 8.88. The van der Waals surface area contributed by atoms with E-state index in [4.69, 9.17) is 0 Å². The maximum atomic E-state index is 11.9. The Hall–Kier alpha value is -0.920. The fourth-order valence-electron chi connectivity index (χ4n) is 1.62. The molecule has 0 aliphatic rings. The van der Waals surface area contributed by atoms with Crippen LogP contribution in [0.25, 0.3) is 0 Å². The van der Waals surface area contributed by atoms with Gasteiger partial charge in [-0.1, -0.05) is 19.9 Å². The van der Waals surface area contributed by atoms with E-state index < -0.39 is 10.0 Å². The second kappa shape index (κ2) is 7.19. The molecule has 1 N–H and O–H groups in total. The molecule has 0 amide bonds. The smallest absolute Gasteiger partial charge is 0.305 e.